The number of methoxy groups -OCH3 is 1. The number of ether oxygens (including phenoxy) is 1. The molecule has 7 heteroatoms. The number of alkyl halides is 1. The highest BCUT2D eigenvalue weighted by molar-refractivity contribution is 9.10. The van der Waals surface area contributed by atoms with Gasteiger partial charge < -0.3 is 10.1 Å². The van der Waals surface area contributed by atoms with Crippen LogP contribution in [0.4, 0.5) is 0 Å². The predicted molar refractivity (Wildman–Crippen MR) is 60.3 cm³/mol. The second kappa shape index (κ2) is 5.64. The van der Waals surface area contributed by atoms with Crippen LogP contribution in [0.15, 0.2) is 12.3 Å². The fourth-order valence-corrected chi connectivity index (χ4v) is 1.56. The molecule has 0 spiro atoms. The highest BCUT2D eigenvalue weighted by Gasteiger charge is 2.17. The van der Waals surface area contributed by atoms with Gasteiger partial charge >= 0.3 is 5.97 Å². The molecule has 1 heterocycles. The number of carbonyl (C=O) groups excluding carboxylic acids is 2. The molecule has 1 N–H and O–H groups in total. The van der Waals surface area contributed by atoms with E-state index in [2.05, 4.69) is 31.1 Å². The number of rotatable bonds is 4. The van der Waals surface area contributed by atoms with Crippen molar-refractivity contribution in [3.63, 3.8) is 0 Å². The van der Waals surface area contributed by atoms with Gasteiger partial charge in [0.05, 0.1) is 13.7 Å². The van der Waals surface area contributed by atoms with Crippen molar-refractivity contribution in [1.82, 2.24) is 15.1 Å². The SMILES string of the molecule is CNC(=O)c1ccn(CC(Br)C(=O)OC)n1. The van der Waals surface area contributed by atoms with E-state index in [1.165, 1.54) is 18.8 Å². The van der Waals surface area contributed by atoms with E-state index in [1.807, 2.05) is 0 Å². The molecule has 0 saturated carbocycles. The van der Waals surface area contributed by atoms with Gasteiger partial charge in [-0.3, -0.25) is 14.3 Å². The molecule has 1 amide bonds. The van der Waals surface area contributed by atoms with Crippen molar-refractivity contribution in [3.8, 4) is 0 Å². The van der Waals surface area contributed by atoms with E-state index >= 15 is 0 Å². The van der Waals surface area contributed by atoms with Gasteiger partial charge in [-0.15, -0.1) is 0 Å². The maximum Gasteiger partial charge on any atom is 0.321 e. The summed E-state index contributed by atoms with van der Waals surface area (Å²) in [5.74, 6) is -0.639. The van der Waals surface area contributed by atoms with Gasteiger partial charge in [-0.05, 0) is 6.07 Å². The van der Waals surface area contributed by atoms with Gasteiger partial charge in [-0.25, -0.2) is 0 Å². The molecule has 6 nitrogen and oxygen atoms in total. The van der Waals surface area contributed by atoms with Gasteiger partial charge in [0.15, 0.2) is 0 Å². The Balaban J connectivity index is 2.65. The molecule has 0 radical (unpaired) electrons. The molecular formula is C9H12BrN3O3. The number of halogens is 1. The van der Waals surface area contributed by atoms with Crippen LogP contribution >= 0.6 is 15.9 Å². The lowest BCUT2D eigenvalue weighted by atomic mass is 10.4. The molecule has 1 rings (SSSR count). The van der Waals surface area contributed by atoms with Crippen LogP contribution in [0.5, 0.6) is 0 Å². The maximum absolute atomic E-state index is 11.2. The average molecular weight is 290 g/mol. The molecule has 0 aliphatic carbocycles. The Hall–Kier alpha value is -1.37. The first-order chi connectivity index (χ1) is 7.58. The minimum atomic E-state index is -0.477. The van der Waals surface area contributed by atoms with Crippen molar-refractivity contribution < 1.29 is 14.3 Å². The van der Waals surface area contributed by atoms with Gasteiger partial charge in [0, 0.05) is 13.2 Å². The Kier molecular flexibility index (Phi) is 4.48. The first kappa shape index (κ1) is 12.7. The summed E-state index contributed by atoms with van der Waals surface area (Å²) in [6.07, 6.45) is 1.63. The first-order valence-electron chi connectivity index (χ1n) is 4.56. The van der Waals surface area contributed by atoms with Crippen molar-refractivity contribution in [2.24, 2.45) is 0 Å². The number of carbonyl (C=O) groups is 2. The van der Waals surface area contributed by atoms with Crippen LogP contribution in [-0.4, -0.2) is 40.6 Å². The average Bonchev–Trinajstić information content (AvgIpc) is 2.75. The molecule has 0 bridgehead atoms. The molecule has 0 aliphatic rings. The number of esters is 1. The second-order valence-electron chi connectivity index (χ2n) is 2.99. The highest BCUT2D eigenvalue weighted by atomic mass is 79.9. The zero-order chi connectivity index (χ0) is 12.1. The second-order valence-corrected chi connectivity index (χ2v) is 4.10. The van der Waals surface area contributed by atoms with Crippen molar-refractivity contribution in [3.05, 3.63) is 18.0 Å². The lowest BCUT2D eigenvalue weighted by Crippen LogP contribution is -2.23. The Morgan fingerprint density at radius 1 is 1.69 bits per heavy atom. The molecular weight excluding hydrogens is 278 g/mol. The normalized spacial score (nSPS) is 11.9. The van der Waals surface area contributed by atoms with Crippen LogP contribution in [0.2, 0.25) is 0 Å². The molecule has 1 atom stereocenters. The fourth-order valence-electron chi connectivity index (χ4n) is 1.08. The molecule has 1 aromatic rings. The summed E-state index contributed by atoms with van der Waals surface area (Å²) in [5.41, 5.74) is 0.312. The van der Waals surface area contributed by atoms with E-state index in [0.29, 0.717) is 12.2 Å². The summed E-state index contributed by atoms with van der Waals surface area (Å²) >= 11 is 3.17. The van der Waals surface area contributed by atoms with E-state index < -0.39 is 4.83 Å². The molecule has 1 aromatic heterocycles. The first-order valence-corrected chi connectivity index (χ1v) is 5.47. The summed E-state index contributed by atoms with van der Waals surface area (Å²) in [5, 5.41) is 6.47. The third-order valence-corrected chi connectivity index (χ3v) is 2.57. The van der Waals surface area contributed by atoms with E-state index in [4.69, 9.17) is 0 Å². The molecule has 0 saturated heterocycles. The van der Waals surface area contributed by atoms with Crippen LogP contribution in [0.1, 0.15) is 10.5 Å². The smallest absolute Gasteiger partial charge is 0.321 e. The minimum Gasteiger partial charge on any atom is -0.468 e. The van der Waals surface area contributed by atoms with E-state index in [-0.39, 0.29) is 11.9 Å². The summed E-state index contributed by atoms with van der Waals surface area (Å²) in [6.45, 7) is 0.309. The molecule has 88 valence electrons. The van der Waals surface area contributed by atoms with Gasteiger partial charge in [0.25, 0.3) is 5.91 Å². The van der Waals surface area contributed by atoms with Crippen molar-refractivity contribution >= 4 is 27.8 Å². The highest BCUT2D eigenvalue weighted by Crippen LogP contribution is 2.06. The lowest BCUT2D eigenvalue weighted by Gasteiger charge is -2.06. The Morgan fingerprint density at radius 2 is 2.38 bits per heavy atom. The maximum atomic E-state index is 11.2. The minimum absolute atomic E-state index is 0.261. The molecule has 16 heavy (non-hydrogen) atoms. The zero-order valence-electron chi connectivity index (χ0n) is 8.94. The topological polar surface area (TPSA) is 73.2 Å². The van der Waals surface area contributed by atoms with Crippen LogP contribution in [-0.2, 0) is 16.1 Å². The molecule has 1 unspecified atom stereocenters. The van der Waals surface area contributed by atoms with Crippen LogP contribution in [0.25, 0.3) is 0 Å². The summed E-state index contributed by atoms with van der Waals surface area (Å²) in [6, 6.07) is 1.58. The zero-order valence-corrected chi connectivity index (χ0v) is 10.5. The number of hydrogen-bond donors (Lipinski definition) is 1. The quantitative estimate of drug-likeness (QED) is 0.634. The van der Waals surface area contributed by atoms with Gasteiger partial charge in [0.1, 0.15) is 10.5 Å². The summed E-state index contributed by atoms with van der Waals surface area (Å²) in [7, 11) is 2.85. The number of nitrogens with zero attached hydrogens (tertiary/aromatic N) is 2. The predicted octanol–water partition coefficient (Wildman–Crippen LogP) is 0.179. The van der Waals surface area contributed by atoms with E-state index in [1.54, 1.807) is 12.3 Å². The van der Waals surface area contributed by atoms with Gasteiger partial charge in [-0.2, -0.15) is 5.10 Å². The third-order valence-electron chi connectivity index (χ3n) is 1.90. The van der Waals surface area contributed by atoms with Crippen molar-refractivity contribution in [2.75, 3.05) is 14.2 Å². The molecule has 0 aromatic carbocycles. The van der Waals surface area contributed by atoms with Crippen LogP contribution < -0.4 is 5.32 Å². The van der Waals surface area contributed by atoms with Gasteiger partial charge in [0.2, 0.25) is 0 Å². The third kappa shape index (κ3) is 3.06. The van der Waals surface area contributed by atoms with E-state index in [0.717, 1.165) is 0 Å². The number of hydrogen-bond acceptors (Lipinski definition) is 4. The number of aromatic nitrogens is 2. The van der Waals surface area contributed by atoms with Gasteiger partial charge in [-0.1, -0.05) is 15.9 Å². The number of amides is 1. The largest absolute Gasteiger partial charge is 0.468 e. The Labute approximate surface area is 101 Å². The van der Waals surface area contributed by atoms with E-state index in [9.17, 15) is 9.59 Å². The Morgan fingerprint density at radius 3 is 2.94 bits per heavy atom. The summed E-state index contributed by atoms with van der Waals surface area (Å²) in [4.78, 5) is 21.9. The molecule has 0 fully saturated rings. The number of nitrogens with one attached hydrogen (secondary N) is 1. The fraction of sp³-hybridized carbons (Fsp3) is 0.444. The lowest BCUT2D eigenvalue weighted by molar-refractivity contribution is -0.140. The monoisotopic (exact) mass is 289 g/mol. The summed E-state index contributed by atoms with van der Waals surface area (Å²) < 4.78 is 6.05. The standard InChI is InChI=1S/C9H12BrN3O3/c1-11-8(14)7-3-4-13(12-7)5-6(10)9(15)16-2/h3-4,6H,5H2,1-2H3,(H,11,14). The van der Waals surface area contributed by atoms with Crippen LogP contribution in [0, 0.1) is 0 Å². The molecule has 0 aliphatic heterocycles. The Bertz CT molecular complexity index is 391. The van der Waals surface area contributed by atoms with Crippen molar-refractivity contribution in [2.45, 2.75) is 11.4 Å². The van der Waals surface area contributed by atoms with Crippen LogP contribution in [0.3, 0.4) is 0 Å². The van der Waals surface area contributed by atoms with Crippen molar-refractivity contribution in [1.29, 1.82) is 0 Å².